The van der Waals surface area contributed by atoms with Gasteiger partial charge in [-0.3, -0.25) is 9.88 Å². The van der Waals surface area contributed by atoms with E-state index in [1.165, 1.54) is 12.0 Å². The van der Waals surface area contributed by atoms with Gasteiger partial charge in [0.15, 0.2) is 0 Å². The Morgan fingerprint density at radius 3 is 2.50 bits per heavy atom. The molecule has 0 bridgehead atoms. The van der Waals surface area contributed by atoms with Crippen LogP contribution in [0.1, 0.15) is 33.1 Å². The van der Waals surface area contributed by atoms with Gasteiger partial charge in [0.2, 0.25) is 11.8 Å². The summed E-state index contributed by atoms with van der Waals surface area (Å²) in [6.45, 7) is 13.5. The normalized spacial score (nSPS) is 25.3. The summed E-state index contributed by atoms with van der Waals surface area (Å²) in [5.41, 5.74) is 2.36. The van der Waals surface area contributed by atoms with Crippen molar-refractivity contribution in [2.45, 2.75) is 33.6 Å². The monoisotopic (exact) mass is 439 g/mol. The molecule has 4 rings (SSSR count). The molecule has 1 N–H and O–H groups in total. The zero-order chi connectivity index (χ0) is 22.5. The Hall–Kier alpha value is -2.09. The molecule has 1 saturated heterocycles. The highest BCUT2D eigenvalue weighted by atomic mass is 16.4. The number of aromatic nitrogens is 3. The highest BCUT2D eigenvalue weighted by molar-refractivity contribution is 5.50. The van der Waals surface area contributed by atoms with Crippen LogP contribution in [-0.2, 0) is 6.42 Å². The Balaban J connectivity index is 1.40. The Morgan fingerprint density at radius 2 is 1.81 bits per heavy atom. The van der Waals surface area contributed by atoms with Crippen LogP contribution in [0.3, 0.4) is 0 Å². The van der Waals surface area contributed by atoms with Crippen LogP contribution in [0.5, 0.6) is 0 Å². The van der Waals surface area contributed by atoms with Gasteiger partial charge in [-0.05, 0) is 49.1 Å². The lowest BCUT2D eigenvalue weighted by Gasteiger charge is -2.41. The first-order valence-electron chi connectivity index (χ1n) is 12.0. The highest BCUT2D eigenvalue weighted by Crippen LogP contribution is 2.39. The molecule has 0 amide bonds. The second kappa shape index (κ2) is 10.7. The number of piperazine rings is 1. The molecule has 2 aromatic heterocycles. The van der Waals surface area contributed by atoms with Crippen molar-refractivity contribution >= 4 is 0 Å². The standard InChI is InChI=1S/C25H37N5O2/c1-18(2)23-15-21(16-24-27-28-25(32-24)20-4-6-26-7-5-20)19(3)14-22(23)17-30-10-8-29(9-11-30)12-13-31/h4-7,14,18,21-23,31H,8-13,15-17H2,1-3H3/t21-,22-,23-/m0/s1. The highest BCUT2D eigenvalue weighted by Gasteiger charge is 2.34. The van der Waals surface area contributed by atoms with E-state index >= 15 is 0 Å². The maximum Gasteiger partial charge on any atom is 0.247 e. The number of allylic oxidation sites excluding steroid dienone is 1. The molecule has 0 saturated carbocycles. The molecular weight excluding hydrogens is 402 g/mol. The first kappa shape index (κ1) is 23.1. The van der Waals surface area contributed by atoms with Crippen LogP contribution in [-0.4, -0.2) is 76.0 Å². The molecule has 7 heteroatoms. The largest absolute Gasteiger partial charge is 0.421 e. The summed E-state index contributed by atoms with van der Waals surface area (Å²) in [6, 6.07) is 3.79. The van der Waals surface area contributed by atoms with Gasteiger partial charge in [-0.25, -0.2) is 0 Å². The maximum atomic E-state index is 9.18. The minimum absolute atomic E-state index is 0.255. The first-order chi connectivity index (χ1) is 15.5. The molecule has 0 radical (unpaired) electrons. The number of hydrogen-bond donors (Lipinski definition) is 1. The Labute approximate surface area is 191 Å². The molecule has 32 heavy (non-hydrogen) atoms. The number of aliphatic hydroxyl groups is 1. The number of rotatable bonds is 8. The minimum atomic E-state index is 0.255. The SMILES string of the molecule is CC1=C[C@@H](CN2CCN(CCO)CC2)[C@H](C(C)C)C[C@H]1Cc1nnc(-c2ccncc2)o1. The van der Waals surface area contributed by atoms with Gasteiger partial charge in [-0.15, -0.1) is 10.2 Å². The first-order valence-corrected chi connectivity index (χ1v) is 12.0. The lowest BCUT2D eigenvalue weighted by atomic mass is 9.69. The summed E-state index contributed by atoms with van der Waals surface area (Å²) in [7, 11) is 0. The fraction of sp³-hybridized carbons (Fsp3) is 0.640. The molecule has 1 aliphatic carbocycles. The molecule has 1 aliphatic heterocycles. The van der Waals surface area contributed by atoms with Gasteiger partial charge in [0, 0.05) is 63.6 Å². The summed E-state index contributed by atoms with van der Waals surface area (Å²) in [4.78, 5) is 9.02. The fourth-order valence-electron chi connectivity index (χ4n) is 5.28. The third-order valence-corrected chi connectivity index (χ3v) is 7.25. The van der Waals surface area contributed by atoms with E-state index in [2.05, 4.69) is 51.8 Å². The number of aliphatic hydroxyl groups excluding tert-OH is 1. The van der Waals surface area contributed by atoms with Crippen molar-refractivity contribution in [3.63, 3.8) is 0 Å². The van der Waals surface area contributed by atoms with Gasteiger partial charge in [-0.2, -0.15) is 0 Å². The van der Waals surface area contributed by atoms with E-state index in [1.54, 1.807) is 12.4 Å². The quantitative estimate of drug-likeness (QED) is 0.633. The molecule has 2 aliphatic rings. The molecule has 174 valence electrons. The summed E-state index contributed by atoms with van der Waals surface area (Å²) < 4.78 is 5.99. The third kappa shape index (κ3) is 5.63. The lowest BCUT2D eigenvalue weighted by Crippen LogP contribution is -2.49. The van der Waals surface area contributed by atoms with Crippen molar-refractivity contribution in [3.05, 3.63) is 42.1 Å². The average Bonchev–Trinajstić information content (AvgIpc) is 3.26. The second-order valence-corrected chi connectivity index (χ2v) is 9.72. The van der Waals surface area contributed by atoms with Crippen LogP contribution in [0.2, 0.25) is 0 Å². The second-order valence-electron chi connectivity index (χ2n) is 9.72. The van der Waals surface area contributed by atoms with E-state index < -0.39 is 0 Å². The third-order valence-electron chi connectivity index (χ3n) is 7.25. The van der Waals surface area contributed by atoms with Gasteiger partial charge in [-0.1, -0.05) is 25.5 Å². The van der Waals surface area contributed by atoms with E-state index in [1.807, 2.05) is 12.1 Å². The Kier molecular flexibility index (Phi) is 7.71. The molecule has 2 aromatic rings. The average molecular weight is 440 g/mol. The van der Waals surface area contributed by atoms with Crippen LogP contribution in [0.25, 0.3) is 11.5 Å². The number of pyridine rings is 1. The molecule has 0 spiro atoms. The molecular formula is C25H37N5O2. The van der Waals surface area contributed by atoms with E-state index in [9.17, 15) is 5.11 Å². The van der Waals surface area contributed by atoms with Crippen LogP contribution < -0.4 is 0 Å². The van der Waals surface area contributed by atoms with Crippen molar-refractivity contribution in [1.29, 1.82) is 0 Å². The summed E-state index contributed by atoms with van der Waals surface area (Å²) in [5, 5.41) is 17.8. The van der Waals surface area contributed by atoms with Crippen molar-refractivity contribution in [2.75, 3.05) is 45.9 Å². The summed E-state index contributed by atoms with van der Waals surface area (Å²) >= 11 is 0. The molecule has 0 unspecified atom stereocenters. The molecule has 1 fully saturated rings. The number of hydrogen-bond acceptors (Lipinski definition) is 7. The van der Waals surface area contributed by atoms with Crippen LogP contribution >= 0.6 is 0 Å². The maximum absolute atomic E-state index is 9.18. The Bertz CT molecular complexity index is 873. The van der Waals surface area contributed by atoms with E-state index in [4.69, 9.17) is 4.42 Å². The lowest BCUT2D eigenvalue weighted by molar-refractivity contribution is 0.0887. The predicted molar refractivity (Wildman–Crippen MR) is 125 cm³/mol. The van der Waals surface area contributed by atoms with Crippen LogP contribution in [0.15, 0.2) is 40.6 Å². The van der Waals surface area contributed by atoms with E-state index in [-0.39, 0.29) is 6.61 Å². The van der Waals surface area contributed by atoms with Gasteiger partial charge >= 0.3 is 0 Å². The van der Waals surface area contributed by atoms with Crippen LogP contribution in [0, 0.1) is 23.7 Å². The summed E-state index contributed by atoms with van der Waals surface area (Å²) in [5.74, 6) is 3.62. The number of nitrogens with zero attached hydrogens (tertiary/aromatic N) is 5. The van der Waals surface area contributed by atoms with Crippen molar-refractivity contribution in [1.82, 2.24) is 25.0 Å². The smallest absolute Gasteiger partial charge is 0.247 e. The van der Waals surface area contributed by atoms with Gasteiger partial charge in [0.1, 0.15) is 0 Å². The Morgan fingerprint density at radius 1 is 1.09 bits per heavy atom. The van der Waals surface area contributed by atoms with E-state index in [0.29, 0.717) is 29.6 Å². The molecule has 7 nitrogen and oxygen atoms in total. The number of β-amino-alcohol motifs (C(OH)–C–C–N with tert-alkyl or cyclic N) is 1. The zero-order valence-corrected chi connectivity index (χ0v) is 19.7. The zero-order valence-electron chi connectivity index (χ0n) is 19.7. The van der Waals surface area contributed by atoms with Crippen molar-refractivity contribution in [2.24, 2.45) is 23.7 Å². The molecule has 3 heterocycles. The molecule has 0 aromatic carbocycles. The van der Waals surface area contributed by atoms with E-state index in [0.717, 1.165) is 57.1 Å². The van der Waals surface area contributed by atoms with Gasteiger partial charge in [0.05, 0.1) is 6.61 Å². The van der Waals surface area contributed by atoms with Crippen molar-refractivity contribution < 1.29 is 9.52 Å². The topological polar surface area (TPSA) is 78.5 Å². The van der Waals surface area contributed by atoms with Crippen molar-refractivity contribution in [3.8, 4) is 11.5 Å². The fourth-order valence-corrected chi connectivity index (χ4v) is 5.28. The molecule has 3 atom stereocenters. The summed E-state index contributed by atoms with van der Waals surface area (Å²) in [6.07, 6.45) is 7.98. The minimum Gasteiger partial charge on any atom is -0.421 e. The van der Waals surface area contributed by atoms with Gasteiger partial charge < -0.3 is 14.4 Å². The van der Waals surface area contributed by atoms with Gasteiger partial charge in [0.25, 0.3) is 0 Å². The predicted octanol–water partition coefficient (Wildman–Crippen LogP) is 3.14. The van der Waals surface area contributed by atoms with Crippen LogP contribution in [0.4, 0.5) is 0 Å².